The molecule has 1 spiro atoms. The minimum Gasteiger partial charge on any atom is -0.374 e. The van der Waals surface area contributed by atoms with Gasteiger partial charge in [0.25, 0.3) is 0 Å². The topological polar surface area (TPSA) is 21.3 Å². The maximum Gasteiger partial charge on any atom is 0.0795 e. The highest BCUT2D eigenvalue weighted by Crippen LogP contribution is 2.38. The Kier molecular flexibility index (Phi) is 4.21. The van der Waals surface area contributed by atoms with Gasteiger partial charge in [0, 0.05) is 24.4 Å². The highest BCUT2D eigenvalue weighted by molar-refractivity contribution is 7.99. The number of ether oxygens (including phenoxy) is 1. The van der Waals surface area contributed by atoms with Crippen LogP contribution in [0.4, 0.5) is 0 Å². The van der Waals surface area contributed by atoms with Gasteiger partial charge in [-0.05, 0) is 43.8 Å². The minimum absolute atomic E-state index is 0.235. The molecule has 2 saturated heterocycles. The third-order valence-electron chi connectivity index (χ3n) is 5.12. The summed E-state index contributed by atoms with van der Waals surface area (Å²) in [6, 6.07) is 1.48. The van der Waals surface area contributed by atoms with Crippen molar-refractivity contribution in [3.05, 3.63) is 0 Å². The number of hydrogen-bond donors (Lipinski definition) is 1. The summed E-state index contributed by atoms with van der Waals surface area (Å²) in [6.45, 7) is 3.40. The average Bonchev–Trinajstić information content (AvgIpc) is 2.80. The van der Waals surface area contributed by atoms with E-state index >= 15 is 0 Å². The van der Waals surface area contributed by atoms with Crippen LogP contribution in [-0.2, 0) is 4.74 Å². The monoisotopic (exact) mass is 269 g/mol. The molecule has 4 unspecified atom stereocenters. The Balaban J connectivity index is 1.55. The van der Waals surface area contributed by atoms with Crippen molar-refractivity contribution >= 4 is 11.8 Å². The van der Waals surface area contributed by atoms with Gasteiger partial charge >= 0.3 is 0 Å². The maximum absolute atomic E-state index is 6.11. The lowest BCUT2D eigenvalue weighted by molar-refractivity contribution is -0.0724. The Morgan fingerprint density at radius 2 is 2.11 bits per heavy atom. The molecular formula is C15H27NOS. The second kappa shape index (κ2) is 5.72. The van der Waals surface area contributed by atoms with E-state index in [1.54, 1.807) is 0 Å². The highest BCUT2D eigenvalue weighted by Gasteiger charge is 2.41. The molecule has 0 aromatic rings. The van der Waals surface area contributed by atoms with Crippen LogP contribution in [0.5, 0.6) is 0 Å². The molecular weight excluding hydrogens is 242 g/mol. The Hall–Kier alpha value is 0.270. The molecule has 0 radical (unpaired) electrons. The molecule has 0 bridgehead atoms. The van der Waals surface area contributed by atoms with E-state index in [2.05, 4.69) is 24.0 Å². The molecule has 3 fully saturated rings. The highest BCUT2D eigenvalue weighted by atomic mass is 32.2. The van der Waals surface area contributed by atoms with Crippen LogP contribution in [0.3, 0.4) is 0 Å². The first-order valence-corrected chi connectivity index (χ1v) is 8.91. The molecule has 2 heterocycles. The van der Waals surface area contributed by atoms with E-state index in [1.165, 1.54) is 56.5 Å². The Morgan fingerprint density at radius 3 is 2.89 bits per heavy atom. The summed E-state index contributed by atoms with van der Waals surface area (Å²) in [5, 5.41) is 3.97. The number of thioether (sulfide) groups is 1. The summed E-state index contributed by atoms with van der Waals surface area (Å²) in [6.07, 6.45) is 9.41. The first kappa shape index (κ1) is 13.3. The summed E-state index contributed by atoms with van der Waals surface area (Å²) in [5.41, 5.74) is 0.235. The predicted molar refractivity (Wildman–Crippen MR) is 78.2 cm³/mol. The fourth-order valence-corrected chi connectivity index (χ4v) is 5.28. The summed E-state index contributed by atoms with van der Waals surface area (Å²) < 4.78 is 6.11. The standard InChI is InChI=1S/C15H27NOS/c1-12-4-2-3-5-14(12)16-13-6-8-17-15(10-13)7-9-18-11-15/h12-14,16H,2-11H2,1H3. The second-order valence-electron chi connectivity index (χ2n) is 6.56. The molecule has 0 amide bonds. The third-order valence-corrected chi connectivity index (χ3v) is 6.34. The molecule has 0 aromatic carbocycles. The van der Waals surface area contributed by atoms with Gasteiger partial charge in [-0.25, -0.2) is 0 Å². The normalized spacial score (nSPS) is 45.5. The van der Waals surface area contributed by atoms with E-state index in [1.807, 2.05) is 0 Å². The fraction of sp³-hybridized carbons (Fsp3) is 1.00. The summed E-state index contributed by atoms with van der Waals surface area (Å²) in [7, 11) is 0. The van der Waals surface area contributed by atoms with Gasteiger partial charge in [-0.15, -0.1) is 0 Å². The quantitative estimate of drug-likeness (QED) is 0.832. The van der Waals surface area contributed by atoms with Crippen molar-refractivity contribution in [3.63, 3.8) is 0 Å². The smallest absolute Gasteiger partial charge is 0.0795 e. The van der Waals surface area contributed by atoms with Crippen LogP contribution in [0.1, 0.15) is 51.9 Å². The Morgan fingerprint density at radius 1 is 1.22 bits per heavy atom. The van der Waals surface area contributed by atoms with Crippen molar-refractivity contribution in [1.82, 2.24) is 5.32 Å². The van der Waals surface area contributed by atoms with Crippen molar-refractivity contribution in [2.75, 3.05) is 18.1 Å². The number of rotatable bonds is 2. The predicted octanol–water partition coefficient (Wildman–Crippen LogP) is 3.21. The zero-order valence-corrected chi connectivity index (χ0v) is 12.4. The molecule has 104 valence electrons. The van der Waals surface area contributed by atoms with Gasteiger partial charge in [0.2, 0.25) is 0 Å². The van der Waals surface area contributed by atoms with E-state index < -0.39 is 0 Å². The van der Waals surface area contributed by atoms with Crippen LogP contribution in [-0.4, -0.2) is 35.8 Å². The lowest BCUT2D eigenvalue weighted by Crippen LogP contribution is -2.51. The van der Waals surface area contributed by atoms with Crippen molar-refractivity contribution in [2.45, 2.75) is 69.6 Å². The zero-order chi connectivity index (χ0) is 12.4. The first-order valence-electron chi connectivity index (χ1n) is 7.75. The van der Waals surface area contributed by atoms with Crippen molar-refractivity contribution in [1.29, 1.82) is 0 Å². The van der Waals surface area contributed by atoms with E-state index in [4.69, 9.17) is 4.74 Å². The van der Waals surface area contributed by atoms with Crippen molar-refractivity contribution in [2.24, 2.45) is 5.92 Å². The van der Waals surface area contributed by atoms with Gasteiger partial charge in [-0.1, -0.05) is 19.8 Å². The molecule has 0 aromatic heterocycles. The summed E-state index contributed by atoms with van der Waals surface area (Å²) in [5.74, 6) is 3.40. The van der Waals surface area contributed by atoms with Crippen LogP contribution in [0.25, 0.3) is 0 Å². The van der Waals surface area contributed by atoms with E-state index in [-0.39, 0.29) is 5.60 Å². The Labute approximate surface area is 116 Å². The number of hydrogen-bond acceptors (Lipinski definition) is 3. The molecule has 4 atom stereocenters. The van der Waals surface area contributed by atoms with Crippen molar-refractivity contribution in [3.8, 4) is 0 Å². The van der Waals surface area contributed by atoms with Gasteiger partial charge in [0.05, 0.1) is 5.60 Å². The molecule has 2 nitrogen and oxygen atoms in total. The number of nitrogens with one attached hydrogen (secondary N) is 1. The molecule has 1 saturated carbocycles. The van der Waals surface area contributed by atoms with Gasteiger partial charge in [0.15, 0.2) is 0 Å². The van der Waals surface area contributed by atoms with Crippen LogP contribution >= 0.6 is 11.8 Å². The summed E-state index contributed by atoms with van der Waals surface area (Å²) >= 11 is 2.08. The van der Waals surface area contributed by atoms with Gasteiger partial charge in [-0.2, -0.15) is 11.8 Å². The lowest BCUT2D eigenvalue weighted by Gasteiger charge is -2.41. The molecule has 3 rings (SSSR count). The first-order chi connectivity index (χ1) is 8.77. The van der Waals surface area contributed by atoms with Crippen LogP contribution < -0.4 is 5.32 Å². The lowest BCUT2D eigenvalue weighted by atomic mass is 9.83. The third kappa shape index (κ3) is 2.88. The van der Waals surface area contributed by atoms with Gasteiger partial charge < -0.3 is 10.1 Å². The molecule has 2 aliphatic heterocycles. The van der Waals surface area contributed by atoms with Crippen molar-refractivity contribution < 1.29 is 4.74 Å². The maximum atomic E-state index is 6.11. The van der Waals surface area contributed by atoms with Gasteiger partial charge in [-0.3, -0.25) is 0 Å². The van der Waals surface area contributed by atoms with Crippen LogP contribution in [0.15, 0.2) is 0 Å². The minimum atomic E-state index is 0.235. The SMILES string of the molecule is CC1CCCCC1NC1CCOC2(CCSC2)C1. The van der Waals surface area contributed by atoms with Gasteiger partial charge in [0.1, 0.15) is 0 Å². The fourth-order valence-electron chi connectivity index (χ4n) is 3.90. The molecule has 1 aliphatic carbocycles. The molecule has 1 N–H and O–H groups in total. The molecule has 18 heavy (non-hydrogen) atoms. The second-order valence-corrected chi connectivity index (χ2v) is 7.66. The van der Waals surface area contributed by atoms with Crippen LogP contribution in [0.2, 0.25) is 0 Å². The van der Waals surface area contributed by atoms with E-state index in [9.17, 15) is 0 Å². The zero-order valence-electron chi connectivity index (χ0n) is 11.6. The van der Waals surface area contributed by atoms with Crippen LogP contribution in [0, 0.1) is 5.92 Å². The molecule has 3 aliphatic rings. The van der Waals surface area contributed by atoms with E-state index in [0.717, 1.165) is 18.6 Å². The Bertz CT molecular complexity index is 278. The largest absolute Gasteiger partial charge is 0.374 e. The average molecular weight is 269 g/mol. The summed E-state index contributed by atoms with van der Waals surface area (Å²) in [4.78, 5) is 0. The molecule has 3 heteroatoms. The van der Waals surface area contributed by atoms with E-state index in [0.29, 0.717) is 6.04 Å².